The van der Waals surface area contributed by atoms with Crippen molar-refractivity contribution in [2.24, 2.45) is 5.14 Å². The number of carbonyl (C=O) groups excluding carboxylic acids is 1. The Labute approximate surface area is 131 Å². The number of halogens is 1. The molecule has 3 N–H and O–H groups in total. The zero-order chi connectivity index (χ0) is 15.6. The van der Waals surface area contributed by atoms with Gasteiger partial charge in [0.15, 0.2) is 0 Å². The molecule has 0 atom stereocenters. The Kier molecular flexibility index (Phi) is 4.52. The van der Waals surface area contributed by atoms with Crippen LogP contribution in [0, 0.1) is 0 Å². The Morgan fingerprint density at radius 2 is 2.14 bits per heavy atom. The number of carbonyl (C=O) groups is 1. The summed E-state index contributed by atoms with van der Waals surface area (Å²) >= 11 is 10.5. The average molecular weight is 346 g/mol. The summed E-state index contributed by atoms with van der Waals surface area (Å²) in [6.45, 7) is 0.285. The minimum atomic E-state index is -4.04. The van der Waals surface area contributed by atoms with E-state index in [0.717, 1.165) is 6.07 Å². The van der Waals surface area contributed by atoms with Gasteiger partial charge in [0.1, 0.15) is 10.7 Å². The second-order valence-electron chi connectivity index (χ2n) is 4.09. The van der Waals surface area contributed by atoms with E-state index in [1.165, 1.54) is 12.3 Å². The van der Waals surface area contributed by atoms with Gasteiger partial charge in [-0.3, -0.25) is 0 Å². The molecule has 0 spiro atoms. The number of sulfonamides is 1. The maximum absolute atomic E-state index is 11.5. The molecule has 0 aliphatic rings. The van der Waals surface area contributed by atoms with Crippen LogP contribution in [0.3, 0.4) is 0 Å². The first-order valence-electron chi connectivity index (χ1n) is 5.63. The highest BCUT2D eigenvalue weighted by atomic mass is 35.5. The summed E-state index contributed by atoms with van der Waals surface area (Å²) in [7, 11) is -4.04. The Hall–Kier alpha value is -1.61. The fourth-order valence-corrected chi connectivity index (χ4v) is 2.95. The molecule has 2 aromatic rings. The lowest BCUT2D eigenvalue weighted by atomic mass is 10.2. The van der Waals surface area contributed by atoms with Gasteiger partial charge in [-0.05, 0) is 24.3 Å². The van der Waals surface area contributed by atoms with Crippen LogP contribution in [0.2, 0.25) is 5.02 Å². The maximum Gasteiger partial charge on any atom is 0.239 e. The third-order valence-corrected chi connectivity index (χ3v) is 4.23. The molecular weight excluding hydrogens is 336 g/mol. The molecule has 9 heteroatoms. The number of rotatable bonds is 5. The van der Waals surface area contributed by atoms with Gasteiger partial charge in [0.2, 0.25) is 10.0 Å². The van der Waals surface area contributed by atoms with E-state index in [4.69, 9.17) is 21.2 Å². The molecule has 1 heterocycles. The third-order valence-electron chi connectivity index (χ3n) is 2.63. The second-order valence-corrected chi connectivity index (χ2v) is 6.40. The van der Waals surface area contributed by atoms with E-state index in [0.29, 0.717) is 11.4 Å². The van der Waals surface area contributed by atoms with Crippen LogP contribution in [0.15, 0.2) is 39.8 Å². The fourth-order valence-electron chi connectivity index (χ4n) is 1.68. The zero-order valence-electron chi connectivity index (χ0n) is 10.5. The highest BCUT2D eigenvalue weighted by Gasteiger charge is 2.17. The molecule has 2 rings (SSSR count). The van der Waals surface area contributed by atoms with Crippen molar-refractivity contribution in [2.45, 2.75) is 11.4 Å². The summed E-state index contributed by atoms with van der Waals surface area (Å²) in [6.07, 6.45) is 1.51. The lowest BCUT2D eigenvalue weighted by Gasteiger charge is -2.15. The van der Waals surface area contributed by atoms with Gasteiger partial charge in [-0.25, -0.2) is 13.6 Å². The highest BCUT2D eigenvalue weighted by Crippen LogP contribution is 2.28. The molecule has 1 aromatic carbocycles. The Bertz CT molecular complexity index is 773. The molecule has 0 bridgehead atoms. The van der Waals surface area contributed by atoms with Gasteiger partial charge in [0.25, 0.3) is 0 Å². The molecule has 0 saturated carbocycles. The largest absolute Gasteiger partial charge is 0.737 e. The Balaban J connectivity index is 2.41. The molecule has 0 aliphatic heterocycles. The average Bonchev–Trinajstić information content (AvgIpc) is 2.87. The van der Waals surface area contributed by atoms with E-state index in [2.05, 4.69) is 17.9 Å². The van der Waals surface area contributed by atoms with E-state index in [1.54, 1.807) is 12.1 Å². The van der Waals surface area contributed by atoms with Crippen LogP contribution in [-0.4, -0.2) is 13.5 Å². The summed E-state index contributed by atoms with van der Waals surface area (Å²) in [5, 5.41) is 7.13. The van der Waals surface area contributed by atoms with Crippen LogP contribution in [-0.2, 0) is 29.2 Å². The first kappa shape index (κ1) is 15.8. The molecular formula is C12H10ClN2O4S2-. The molecule has 0 aliphatic carbocycles. The molecule has 0 radical (unpaired) electrons. The summed E-state index contributed by atoms with van der Waals surface area (Å²) in [5.74, 6) is 0.629. The van der Waals surface area contributed by atoms with E-state index in [9.17, 15) is 13.2 Å². The standard InChI is InChI=1S/C12H11ClN2O4S2/c13-9-5-10(15-6-7-2-1-3-19-7)8(12(16)20)4-11(9)21(14,17)18/h1-5,15H,6H2,(H,16,20)(H2,14,17,18)/p-1. The lowest BCUT2D eigenvalue weighted by Crippen LogP contribution is -2.15. The normalized spacial score (nSPS) is 11.3. The van der Waals surface area contributed by atoms with E-state index < -0.39 is 15.1 Å². The van der Waals surface area contributed by atoms with Crippen molar-refractivity contribution in [3.63, 3.8) is 0 Å². The fraction of sp³-hybridized carbons (Fsp3) is 0.0833. The van der Waals surface area contributed by atoms with Crippen LogP contribution in [0.4, 0.5) is 5.69 Å². The van der Waals surface area contributed by atoms with Crippen LogP contribution >= 0.6 is 11.6 Å². The summed E-state index contributed by atoms with van der Waals surface area (Å²) in [5.41, 5.74) is 0.314. The number of furan rings is 1. The maximum atomic E-state index is 11.5. The SMILES string of the molecule is NS(=O)(=O)c1cc(C(=O)[S-])c(NCc2ccco2)cc1Cl. The van der Waals surface area contributed by atoms with Crippen LogP contribution in [0.1, 0.15) is 16.1 Å². The first-order chi connectivity index (χ1) is 9.79. The lowest BCUT2D eigenvalue weighted by molar-refractivity contribution is 0.109. The van der Waals surface area contributed by atoms with Crippen LogP contribution in [0.25, 0.3) is 0 Å². The smallest absolute Gasteiger partial charge is 0.239 e. The summed E-state index contributed by atoms with van der Waals surface area (Å²) < 4.78 is 27.9. The second kappa shape index (κ2) is 6.02. The Morgan fingerprint density at radius 1 is 1.43 bits per heavy atom. The molecule has 0 unspecified atom stereocenters. The minimum Gasteiger partial charge on any atom is -0.737 e. The predicted molar refractivity (Wildman–Crippen MR) is 80.6 cm³/mol. The molecule has 0 amide bonds. The van der Waals surface area contributed by atoms with E-state index >= 15 is 0 Å². The zero-order valence-corrected chi connectivity index (χ0v) is 12.9. The first-order valence-corrected chi connectivity index (χ1v) is 7.96. The highest BCUT2D eigenvalue weighted by molar-refractivity contribution is 7.89. The summed E-state index contributed by atoms with van der Waals surface area (Å²) in [6, 6.07) is 5.82. The van der Waals surface area contributed by atoms with E-state index in [-0.39, 0.29) is 22.0 Å². The van der Waals surface area contributed by atoms with E-state index in [1.807, 2.05) is 0 Å². The topological polar surface area (TPSA) is 102 Å². The van der Waals surface area contributed by atoms with Gasteiger partial charge in [-0.1, -0.05) is 11.6 Å². The van der Waals surface area contributed by atoms with Crippen molar-refractivity contribution >= 4 is 45.1 Å². The number of hydrogen-bond donors (Lipinski definition) is 2. The molecule has 21 heavy (non-hydrogen) atoms. The monoisotopic (exact) mass is 345 g/mol. The number of primary sulfonamides is 1. The number of hydrogen-bond acceptors (Lipinski definition) is 6. The minimum absolute atomic E-state index is 0.00461. The number of anilines is 1. The molecule has 0 fully saturated rings. The van der Waals surface area contributed by atoms with Crippen molar-refractivity contribution in [3.05, 3.63) is 46.9 Å². The number of nitrogens with one attached hydrogen (secondary N) is 1. The molecule has 112 valence electrons. The number of benzene rings is 1. The van der Waals surface area contributed by atoms with Gasteiger partial charge in [-0.2, -0.15) is 0 Å². The van der Waals surface area contributed by atoms with Crippen LogP contribution in [0.5, 0.6) is 0 Å². The number of nitrogens with two attached hydrogens (primary N) is 1. The van der Waals surface area contributed by atoms with Crippen molar-refractivity contribution < 1.29 is 17.6 Å². The molecule has 6 nitrogen and oxygen atoms in total. The summed E-state index contributed by atoms with van der Waals surface area (Å²) in [4.78, 5) is 11.1. The predicted octanol–water partition coefficient (Wildman–Crippen LogP) is 1.88. The van der Waals surface area contributed by atoms with Crippen molar-refractivity contribution in [1.82, 2.24) is 0 Å². The molecule has 1 aromatic heterocycles. The van der Waals surface area contributed by atoms with Gasteiger partial charge >= 0.3 is 0 Å². The van der Waals surface area contributed by atoms with Gasteiger partial charge < -0.3 is 27.2 Å². The molecule has 0 saturated heterocycles. The van der Waals surface area contributed by atoms with Gasteiger partial charge in [0, 0.05) is 16.4 Å². The van der Waals surface area contributed by atoms with Gasteiger partial charge in [-0.15, -0.1) is 0 Å². The van der Waals surface area contributed by atoms with Crippen LogP contribution < -0.4 is 10.5 Å². The van der Waals surface area contributed by atoms with Crippen molar-refractivity contribution in [1.29, 1.82) is 0 Å². The third kappa shape index (κ3) is 3.73. The van der Waals surface area contributed by atoms with Crippen molar-refractivity contribution in [2.75, 3.05) is 5.32 Å². The Morgan fingerprint density at radius 3 is 2.67 bits per heavy atom. The van der Waals surface area contributed by atoms with Gasteiger partial charge in [0.05, 0.1) is 17.8 Å². The van der Waals surface area contributed by atoms with Crippen molar-refractivity contribution in [3.8, 4) is 0 Å². The quantitative estimate of drug-likeness (QED) is 0.802.